The number of aryl methyl sites for hydroxylation is 1. The summed E-state index contributed by atoms with van der Waals surface area (Å²) in [5, 5.41) is 6.05. The molecule has 1 N–H and O–H groups in total. The fourth-order valence-corrected chi connectivity index (χ4v) is 3.11. The molecule has 1 unspecified atom stereocenters. The predicted molar refractivity (Wildman–Crippen MR) is 91.8 cm³/mol. The third-order valence-electron chi connectivity index (χ3n) is 4.44. The van der Waals surface area contributed by atoms with Crippen molar-refractivity contribution in [3.63, 3.8) is 0 Å². The highest BCUT2D eigenvalue weighted by Crippen LogP contribution is 2.29. The number of aromatic nitrogens is 1. The quantitative estimate of drug-likeness (QED) is 0.654. The lowest BCUT2D eigenvalue weighted by molar-refractivity contribution is 0.511. The first kappa shape index (κ1) is 14.2. The summed E-state index contributed by atoms with van der Waals surface area (Å²) in [5.74, 6) is 0. The number of nitrogens with zero attached hydrogens (tertiary/aromatic N) is 1. The molecule has 2 heteroatoms. The zero-order valence-corrected chi connectivity index (χ0v) is 13.0. The number of benzene rings is 2. The zero-order valence-electron chi connectivity index (χ0n) is 13.0. The predicted octanol–water partition coefficient (Wildman–Crippen LogP) is 4.57. The van der Waals surface area contributed by atoms with Gasteiger partial charge in [0, 0.05) is 34.4 Å². The van der Waals surface area contributed by atoms with Gasteiger partial charge in [0.05, 0.1) is 0 Å². The Balaban J connectivity index is 1.86. The fourth-order valence-electron chi connectivity index (χ4n) is 3.11. The first-order valence-corrected chi connectivity index (χ1v) is 7.94. The largest absolute Gasteiger partial charge is 0.340 e. The maximum Gasteiger partial charge on any atom is 0.0491 e. The van der Waals surface area contributed by atoms with Gasteiger partial charge in [0.2, 0.25) is 0 Å². The minimum Gasteiger partial charge on any atom is -0.340 e. The molecule has 1 heterocycles. The summed E-state index contributed by atoms with van der Waals surface area (Å²) in [5.41, 5.74) is 2.72. The molecule has 0 aliphatic rings. The van der Waals surface area contributed by atoms with E-state index in [1.165, 1.54) is 41.1 Å². The highest BCUT2D eigenvalue weighted by atomic mass is 15.0. The van der Waals surface area contributed by atoms with Gasteiger partial charge in [0.25, 0.3) is 0 Å². The molecule has 2 nitrogen and oxygen atoms in total. The van der Waals surface area contributed by atoms with Gasteiger partial charge in [-0.25, -0.2) is 0 Å². The molecular formula is C19H24N2. The fraction of sp³-hybridized carbons (Fsp3) is 0.368. The molecule has 0 bridgehead atoms. The monoisotopic (exact) mass is 280 g/mol. The molecule has 1 aromatic heterocycles. The van der Waals surface area contributed by atoms with Crippen LogP contribution >= 0.6 is 0 Å². The highest BCUT2D eigenvalue weighted by molar-refractivity contribution is 6.07. The Hall–Kier alpha value is -1.80. The van der Waals surface area contributed by atoms with Crippen molar-refractivity contribution in [1.29, 1.82) is 0 Å². The lowest BCUT2D eigenvalue weighted by atomic mass is 10.1. The van der Waals surface area contributed by atoms with Crippen molar-refractivity contribution in [1.82, 2.24) is 9.88 Å². The summed E-state index contributed by atoms with van der Waals surface area (Å²) in [6.07, 6.45) is 3.74. The van der Waals surface area contributed by atoms with Gasteiger partial charge in [-0.15, -0.1) is 0 Å². The molecule has 1 atom stereocenters. The Morgan fingerprint density at radius 2 is 1.48 bits per heavy atom. The van der Waals surface area contributed by atoms with Gasteiger partial charge in [-0.3, -0.25) is 0 Å². The minimum atomic E-state index is 0.614. The molecule has 0 fully saturated rings. The Kier molecular flexibility index (Phi) is 4.26. The standard InChI is InChI=1S/C19H24N2/c1-15(20-2)9-7-8-14-21-18-12-5-3-10-16(18)17-11-4-6-13-19(17)21/h3-6,10-13,15,20H,7-9,14H2,1-2H3. The number of para-hydroxylation sites is 2. The van der Waals surface area contributed by atoms with Crippen molar-refractivity contribution in [3.05, 3.63) is 48.5 Å². The van der Waals surface area contributed by atoms with Crippen LogP contribution in [-0.2, 0) is 6.54 Å². The summed E-state index contributed by atoms with van der Waals surface area (Å²) >= 11 is 0. The van der Waals surface area contributed by atoms with Crippen LogP contribution in [0.2, 0.25) is 0 Å². The van der Waals surface area contributed by atoms with Gasteiger partial charge in [0.1, 0.15) is 0 Å². The lowest BCUT2D eigenvalue weighted by Gasteiger charge is -2.11. The second-order valence-corrected chi connectivity index (χ2v) is 5.87. The van der Waals surface area contributed by atoms with Crippen molar-refractivity contribution in [2.45, 2.75) is 38.8 Å². The maximum absolute atomic E-state index is 3.31. The van der Waals surface area contributed by atoms with E-state index in [0.717, 1.165) is 6.54 Å². The Bertz CT molecular complexity index is 673. The number of rotatable bonds is 6. The molecule has 0 saturated carbocycles. The topological polar surface area (TPSA) is 17.0 Å². The van der Waals surface area contributed by atoms with Crippen LogP contribution in [-0.4, -0.2) is 17.7 Å². The molecule has 2 aromatic carbocycles. The number of nitrogens with one attached hydrogen (secondary N) is 1. The second-order valence-electron chi connectivity index (χ2n) is 5.87. The second kappa shape index (κ2) is 6.31. The number of hydrogen-bond acceptors (Lipinski definition) is 1. The zero-order chi connectivity index (χ0) is 14.7. The van der Waals surface area contributed by atoms with E-state index in [4.69, 9.17) is 0 Å². The first-order valence-electron chi connectivity index (χ1n) is 7.94. The summed E-state index contributed by atoms with van der Waals surface area (Å²) < 4.78 is 2.48. The van der Waals surface area contributed by atoms with Gasteiger partial charge in [-0.2, -0.15) is 0 Å². The van der Waals surface area contributed by atoms with Crippen molar-refractivity contribution < 1.29 is 0 Å². The van der Waals surface area contributed by atoms with Crippen LogP contribution in [0.5, 0.6) is 0 Å². The third kappa shape index (κ3) is 2.81. The Labute approximate surface area is 126 Å². The van der Waals surface area contributed by atoms with E-state index in [1.807, 2.05) is 7.05 Å². The molecule has 0 radical (unpaired) electrons. The summed E-state index contributed by atoms with van der Waals surface area (Å²) in [7, 11) is 2.04. The van der Waals surface area contributed by atoms with Gasteiger partial charge in [0.15, 0.2) is 0 Å². The van der Waals surface area contributed by atoms with Crippen molar-refractivity contribution >= 4 is 21.8 Å². The van der Waals surface area contributed by atoms with E-state index < -0.39 is 0 Å². The van der Waals surface area contributed by atoms with Crippen LogP contribution in [0.3, 0.4) is 0 Å². The molecule has 21 heavy (non-hydrogen) atoms. The van der Waals surface area contributed by atoms with E-state index in [9.17, 15) is 0 Å². The van der Waals surface area contributed by atoms with E-state index in [0.29, 0.717) is 6.04 Å². The molecule has 0 amide bonds. The normalized spacial score (nSPS) is 13.0. The minimum absolute atomic E-state index is 0.614. The van der Waals surface area contributed by atoms with Crippen LogP contribution in [0.4, 0.5) is 0 Å². The molecule has 110 valence electrons. The van der Waals surface area contributed by atoms with Gasteiger partial charge in [-0.05, 0) is 38.9 Å². The van der Waals surface area contributed by atoms with Gasteiger partial charge < -0.3 is 9.88 Å². The van der Waals surface area contributed by atoms with E-state index >= 15 is 0 Å². The Morgan fingerprint density at radius 3 is 2.05 bits per heavy atom. The van der Waals surface area contributed by atoms with E-state index in [-0.39, 0.29) is 0 Å². The SMILES string of the molecule is CNC(C)CCCCn1c2ccccc2c2ccccc21. The van der Waals surface area contributed by atoms with Crippen molar-refractivity contribution in [2.75, 3.05) is 7.05 Å². The molecule has 0 aliphatic heterocycles. The first-order chi connectivity index (χ1) is 10.3. The summed E-state index contributed by atoms with van der Waals surface area (Å²) in [4.78, 5) is 0. The number of fused-ring (bicyclic) bond motifs is 3. The highest BCUT2D eigenvalue weighted by Gasteiger charge is 2.09. The van der Waals surface area contributed by atoms with Crippen LogP contribution in [0.15, 0.2) is 48.5 Å². The summed E-state index contributed by atoms with van der Waals surface area (Å²) in [6, 6.07) is 18.1. The van der Waals surface area contributed by atoms with Crippen molar-refractivity contribution in [3.8, 4) is 0 Å². The molecule has 3 aromatic rings. The van der Waals surface area contributed by atoms with E-state index in [2.05, 4.69) is 65.3 Å². The van der Waals surface area contributed by atoms with Gasteiger partial charge in [-0.1, -0.05) is 42.8 Å². The average molecular weight is 280 g/mol. The molecular weight excluding hydrogens is 256 g/mol. The summed E-state index contributed by atoms with van der Waals surface area (Å²) in [6.45, 7) is 3.35. The van der Waals surface area contributed by atoms with Crippen LogP contribution in [0.1, 0.15) is 26.2 Å². The molecule has 0 saturated heterocycles. The maximum atomic E-state index is 3.31. The number of unbranched alkanes of at least 4 members (excludes halogenated alkanes) is 1. The van der Waals surface area contributed by atoms with Crippen LogP contribution in [0.25, 0.3) is 21.8 Å². The number of hydrogen-bond donors (Lipinski definition) is 1. The van der Waals surface area contributed by atoms with Crippen LogP contribution < -0.4 is 5.32 Å². The van der Waals surface area contributed by atoms with Gasteiger partial charge >= 0.3 is 0 Å². The lowest BCUT2D eigenvalue weighted by Crippen LogP contribution is -2.20. The molecule has 0 aliphatic carbocycles. The molecule has 0 spiro atoms. The van der Waals surface area contributed by atoms with E-state index in [1.54, 1.807) is 0 Å². The third-order valence-corrected chi connectivity index (χ3v) is 4.44. The average Bonchev–Trinajstić information content (AvgIpc) is 2.86. The Morgan fingerprint density at radius 1 is 0.905 bits per heavy atom. The molecule has 3 rings (SSSR count). The van der Waals surface area contributed by atoms with Crippen LogP contribution in [0, 0.1) is 0 Å². The van der Waals surface area contributed by atoms with Crippen molar-refractivity contribution in [2.24, 2.45) is 0 Å². The smallest absolute Gasteiger partial charge is 0.0491 e.